The molecule has 0 spiro atoms. The molecule has 0 saturated carbocycles. The Balaban J connectivity index is 0.000000162. The molecule has 0 radical (unpaired) electrons. The lowest BCUT2D eigenvalue weighted by molar-refractivity contribution is 0.0761. The molecule has 5 heteroatoms. The summed E-state index contributed by atoms with van der Waals surface area (Å²) in [6.45, 7) is 0. The largest absolute Gasteiger partial charge is 0.394 e. The number of hydrogen-bond donors (Lipinski definition) is 0. The van der Waals surface area contributed by atoms with E-state index in [0.717, 1.165) is 22.3 Å². The summed E-state index contributed by atoms with van der Waals surface area (Å²) in [5, 5.41) is 2.24. The SMILES string of the molecule is CSc1ccc([S+](C)c2ccccc2)cc1.O=C(O[S+]1CCCC1)c1ccc2ccccc2c1. The molecule has 4 aromatic rings. The van der Waals surface area contributed by atoms with Gasteiger partial charge in [0.25, 0.3) is 0 Å². The van der Waals surface area contributed by atoms with Crippen molar-refractivity contribution < 1.29 is 8.98 Å². The Morgan fingerprint density at radius 1 is 0.794 bits per heavy atom. The minimum absolute atomic E-state index is 0.141. The standard InChI is InChI=1S/C15H15O2S.C14H15S2/c16-15(17-18-9-3-4-10-18)14-8-7-12-5-1-2-6-13(12)11-14;1-15-12-8-10-14(11-9-12)16(2)13-6-4-3-5-7-13/h1-2,5-8,11H,3-4,9-10H2;3-11H,1-2H3/q2*+1. The van der Waals surface area contributed by atoms with Crippen LogP contribution in [0.25, 0.3) is 10.8 Å². The maximum atomic E-state index is 12.0. The van der Waals surface area contributed by atoms with Gasteiger partial charge in [0.05, 0.1) is 16.5 Å². The first-order valence-corrected chi connectivity index (χ1v) is 15.7. The molecule has 1 heterocycles. The van der Waals surface area contributed by atoms with Gasteiger partial charge in [-0.15, -0.1) is 11.8 Å². The van der Waals surface area contributed by atoms with Crippen LogP contribution in [-0.4, -0.2) is 30.0 Å². The van der Waals surface area contributed by atoms with Crippen LogP contribution < -0.4 is 0 Å². The quantitative estimate of drug-likeness (QED) is 0.208. The molecule has 1 fully saturated rings. The summed E-state index contributed by atoms with van der Waals surface area (Å²) < 4.78 is 5.54. The summed E-state index contributed by atoms with van der Waals surface area (Å²) in [7, 11) is 0.184. The normalized spacial score (nSPS) is 14.3. The molecule has 5 rings (SSSR count). The Hall–Kier alpha value is -2.34. The van der Waals surface area contributed by atoms with E-state index in [-0.39, 0.29) is 28.0 Å². The Morgan fingerprint density at radius 2 is 1.41 bits per heavy atom. The van der Waals surface area contributed by atoms with Gasteiger partial charge in [0.2, 0.25) is 11.2 Å². The first kappa shape index (κ1) is 24.8. The van der Waals surface area contributed by atoms with Crippen molar-refractivity contribution in [3.8, 4) is 0 Å². The Kier molecular flexibility index (Phi) is 9.03. The third-order valence-corrected chi connectivity index (χ3v) is 10.3. The van der Waals surface area contributed by atoms with Gasteiger partial charge in [0, 0.05) is 17.7 Å². The molecule has 174 valence electrons. The lowest BCUT2D eigenvalue weighted by Crippen LogP contribution is -2.14. The van der Waals surface area contributed by atoms with Crippen molar-refractivity contribution in [2.45, 2.75) is 27.5 Å². The molecular weight excluding hydrogens is 477 g/mol. The van der Waals surface area contributed by atoms with Gasteiger partial charge in [0.15, 0.2) is 21.3 Å². The fourth-order valence-electron chi connectivity index (χ4n) is 3.72. The minimum atomic E-state index is -0.175. The van der Waals surface area contributed by atoms with E-state index < -0.39 is 0 Å². The molecule has 2 nitrogen and oxygen atoms in total. The second-order valence-corrected chi connectivity index (χ2v) is 12.7. The number of carbonyl (C=O) groups excluding carboxylic acids is 1. The number of rotatable bonds is 5. The van der Waals surface area contributed by atoms with Crippen LogP contribution in [0.1, 0.15) is 23.2 Å². The molecule has 1 saturated heterocycles. The van der Waals surface area contributed by atoms with Crippen molar-refractivity contribution in [2.75, 3.05) is 24.0 Å². The molecule has 1 aliphatic rings. The van der Waals surface area contributed by atoms with Crippen molar-refractivity contribution in [3.63, 3.8) is 0 Å². The molecule has 0 aromatic heterocycles. The van der Waals surface area contributed by atoms with Crippen LogP contribution in [0.4, 0.5) is 0 Å². The Labute approximate surface area is 213 Å². The van der Waals surface area contributed by atoms with Crippen LogP contribution in [-0.2, 0) is 26.3 Å². The van der Waals surface area contributed by atoms with E-state index in [1.165, 1.54) is 27.5 Å². The summed E-state index contributed by atoms with van der Waals surface area (Å²) in [6.07, 6.45) is 6.77. The predicted octanol–water partition coefficient (Wildman–Crippen LogP) is 7.40. The molecule has 0 bridgehead atoms. The fraction of sp³-hybridized carbons (Fsp3) is 0.207. The lowest BCUT2D eigenvalue weighted by atomic mass is 10.1. The first-order chi connectivity index (χ1) is 16.6. The highest BCUT2D eigenvalue weighted by atomic mass is 32.2. The topological polar surface area (TPSA) is 26.3 Å². The van der Waals surface area contributed by atoms with Gasteiger partial charge < -0.3 is 0 Å². The fourth-order valence-corrected chi connectivity index (χ4v) is 7.25. The molecule has 0 N–H and O–H groups in total. The zero-order chi connectivity index (χ0) is 23.8. The molecule has 34 heavy (non-hydrogen) atoms. The predicted molar refractivity (Wildman–Crippen MR) is 150 cm³/mol. The van der Waals surface area contributed by atoms with Gasteiger partial charge in [0.1, 0.15) is 6.26 Å². The van der Waals surface area contributed by atoms with E-state index in [4.69, 9.17) is 4.18 Å². The van der Waals surface area contributed by atoms with Crippen LogP contribution in [0.2, 0.25) is 0 Å². The summed E-state index contributed by atoms with van der Waals surface area (Å²) in [5.74, 6) is 1.91. The van der Waals surface area contributed by atoms with Crippen LogP contribution >= 0.6 is 11.8 Å². The number of thioether (sulfide) groups is 1. The third kappa shape index (κ3) is 6.62. The second kappa shape index (κ2) is 12.4. The van der Waals surface area contributed by atoms with Gasteiger partial charge in [-0.25, -0.2) is 8.98 Å². The Bertz CT molecular complexity index is 1200. The number of carbonyl (C=O) groups is 1. The van der Waals surface area contributed by atoms with Crippen molar-refractivity contribution in [3.05, 3.63) is 103 Å². The average molecular weight is 507 g/mol. The maximum Gasteiger partial charge on any atom is 0.394 e. The first-order valence-electron chi connectivity index (χ1n) is 11.4. The Morgan fingerprint density at radius 3 is 2.09 bits per heavy atom. The number of hydrogen-bond acceptors (Lipinski definition) is 3. The summed E-state index contributed by atoms with van der Waals surface area (Å²) in [6, 6.07) is 33.3. The smallest absolute Gasteiger partial charge is 0.242 e. The third-order valence-electron chi connectivity index (χ3n) is 5.68. The molecule has 0 aliphatic carbocycles. The van der Waals surface area contributed by atoms with Gasteiger partial charge in [-0.1, -0.05) is 48.5 Å². The highest BCUT2D eigenvalue weighted by Gasteiger charge is 2.30. The number of benzene rings is 4. The monoisotopic (exact) mass is 506 g/mol. The van der Waals surface area contributed by atoms with Gasteiger partial charge in [-0.2, -0.15) is 0 Å². The highest BCUT2D eigenvalue weighted by molar-refractivity contribution is 7.98. The highest BCUT2D eigenvalue weighted by Crippen LogP contribution is 2.23. The zero-order valence-electron chi connectivity index (χ0n) is 19.6. The van der Waals surface area contributed by atoms with Gasteiger partial charge in [-0.05, 0) is 65.6 Å². The van der Waals surface area contributed by atoms with Crippen LogP contribution in [0.3, 0.4) is 0 Å². The molecule has 4 aromatic carbocycles. The van der Waals surface area contributed by atoms with Gasteiger partial charge in [-0.3, -0.25) is 0 Å². The van der Waals surface area contributed by atoms with E-state index >= 15 is 0 Å². The van der Waals surface area contributed by atoms with Crippen molar-refractivity contribution in [1.82, 2.24) is 0 Å². The molecular formula is C29H30O2S3+2. The van der Waals surface area contributed by atoms with E-state index in [0.29, 0.717) is 5.56 Å². The van der Waals surface area contributed by atoms with Crippen molar-refractivity contribution in [2.24, 2.45) is 0 Å². The van der Waals surface area contributed by atoms with E-state index in [1.807, 2.05) is 42.5 Å². The van der Waals surface area contributed by atoms with Crippen molar-refractivity contribution in [1.29, 1.82) is 0 Å². The van der Waals surface area contributed by atoms with Crippen LogP contribution in [0.5, 0.6) is 0 Å². The van der Waals surface area contributed by atoms with Gasteiger partial charge >= 0.3 is 5.97 Å². The average Bonchev–Trinajstić information content (AvgIpc) is 3.42. The van der Waals surface area contributed by atoms with E-state index in [9.17, 15) is 4.79 Å². The molecule has 0 amide bonds. The van der Waals surface area contributed by atoms with E-state index in [1.54, 1.807) is 11.8 Å². The molecule has 1 atom stereocenters. The summed E-state index contributed by atoms with van der Waals surface area (Å²) in [4.78, 5) is 16.2. The summed E-state index contributed by atoms with van der Waals surface area (Å²) >= 11 is 1.65. The second-order valence-electron chi connectivity index (χ2n) is 7.99. The maximum absolute atomic E-state index is 12.0. The number of fused-ring (bicyclic) bond motifs is 1. The minimum Gasteiger partial charge on any atom is -0.242 e. The zero-order valence-corrected chi connectivity index (χ0v) is 22.1. The van der Waals surface area contributed by atoms with Crippen molar-refractivity contribution >= 4 is 50.6 Å². The molecule has 1 aliphatic heterocycles. The van der Waals surface area contributed by atoms with E-state index in [2.05, 4.69) is 67.1 Å². The lowest BCUT2D eigenvalue weighted by Gasteiger charge is -2.02. The molecule has 1 unspecified atom stereocenters. The summed E-state index contributed by atoms with van der Waals surface area (Å²) in [5.41, 5.74) is 0.660. The van der Waals surface area contributed by atoms with Crippen LogP contribution in [0, 0.1) is 0 Å². The van der Waals surface area contributed by atoms with Crippen LogP contribution in [0.15, 0.2) is 112 Å².